The summed E-state index contributed by atoms with van der Waals surface area (Å²) in [5, 5.41) is 2.32. The van der Waals surface area contributed by atoms with Crippen LogP contribution in [0.1, 0.15) is 15.9 Å². The molecule has 2 aromatic rings. The molecule has 0 aliphatic heterocycles. The lowest BCUT2D eigenvalue weighted by Gasteiger charge is -2.09. The number of aryl methyl sites for hydroxylation is 1. The first kappa shape index (κ1) is 16.1. The number of hydrogen-bond donors (Lipinski definition) is 2. The van der Waals surface area contributed by atoms with Gasteiger partial charge in [0.15, 0.2) is 11.6 Å². The number of rotatable bonds is 3. The van der Waals surface area contributed by atoms with Gasteiger partial charge >= 0.3 is 0 Å². The number of benzene rings is 2. The number of nitrogens with one attached hydrogen (secondary N) is 1. The normalized spacial score (nSPS) is 11.3. The SMILES string of the molecule is Cc1ccc(S(=O)(=O)O)cc1C(=O)Nc1ccc(F)c(F)c1. The van der Waals surface area contributed by atoms with Crippen molar-refractivity contribution in [2.75, 3.05) is 5.32 Å². The van der Waals surface area contributed by atoms with Crippen molar-refractivity contribution in [1.82, 2.24) is 0 Å². The van der Waals surface area contributed by atoms with Crippen LogP contribution in [0, 0.1) is 18.6 Å². The summed E-state index contributed by atoms with van der Waals surface area (Å²) in [6, 6.07) is 6.32. The summed E-state index contributed by atoms with van der Waals surface area (Å²) >= 11 is 0. The zero-order valence-corrected chi connectivity index (χ0v) is 12.1. The van der Waals surface area contributed by atoms with E-state index in [9.17, 15) is 22.0 Å². The molecule has 0 saturated heterocycles. The highest BCUT2D eigenvalue weighted by Gasteiger charge is 2.16. The molecule has 0 saturated carbocycles. The predicted octanol–water partition coefficient (Wildman–Crippen LogP) is 2.77. The lowest BCUT2D eigenvalue weighted by Crippen LogP contribution is -2.14. The van der Waals surface area contributed by atoms with Crippen LogP contribution in [0.25, 0.3) is 0 Å². The maximum Gasteiger partial charge on any atom is 0.294 e. The van der Waals surface area contributed by atoms with Gasteiger partial charge in [-0.3, -0.25) is 9.35 Å². The van der Waals surface area contributed by atoms with Crippen molar-refractivity contribution in [1.29, 1.82) is 0 Å². The van der Waals surface area contributed by atoms with Gasteiger partial charge in [0.05, 0.1) is 4.90 Å². The van der Waals surface area contributed by atoms with Crippen LogP contribution < -0.4 is 5.32 Å². The lowest BCUT2D eigenvalue weighted by molar-refractivity contribution is 0.102. The molecule has 0 bridgehead atoms. The summed E-state index contributed by atoms with van der Waals surface area (Å²) in [5.41, 5.74) is 0.452. The third-order valence-corrected chi connectivity index (χ3v) is 3.78. The van der Waals surface area contributed by atoms with Crippen LogP contribution in [-0.2, 0) is 10.1 Å². The van der Waals surface area contributed by atoms with Gasteiger partial charge in [-0.15, -0.1) is 0 Å². The van der Waals surface area contributed by atoms with Crippen LogP contribution in [0.4, 0.5) is 14.5 Å². The molecule has 1 amide bonds. The van der Waals surface area contributed by atoms with E-state index in [4.69, 9.17) is 4.55 Å². The zero-order valence-electron chi connectivity index (χ0n) is 11.3. The Bertz CT molecular complexity index is 850. The van der Waals surface area contributed by atoms with Crippen molar-refractivity contribution >= 4 is 21.7 Å². The van der Waals surface area contributed by atoms with Crippen molar-refractivity contribution in [2.45, 2.75) is 11.8 Å². The predicted molar refractivity (Wildman–Crippen MR) is 75.3 cm³/mol. The van der Waals surface area contributed by atoms with Crippen LogP contribution in [0.3, 0.4) is 0 Å². The monoisotopic (exact) mass is 327 g/mol. The fourth-order valence-corrected chi connectivity index (χ4v) is 2.29. The van der Waals surface area contributed by atoms with Gasteiger partial charge in [0.1, 0.15) is 0 Å². The number of halogens is 2. The minimum Gasteiger partial charge on any atom is -0.322 e. The van der Waals surface area contributed by atoms with Crippen molar-refractivity contribution in [3.05, 3.63) is 59.2 Å². The van der Waals surface area contributed by atoms with E-state index in [0.717, 1.165) is 30.3 Å². The van der Waals surface area contributed by atoms with Gasteiger partial charge in [0.2, 0.25) is 0 Å². The van der Waals surface area contributed by atoms with Crippen LogP contribution in [0.2, 0.25) is 0 Å². The number of carbonyl (C=O) groups excluding carboxylic acids is 1. The molecule has 0 aliphatic rings. The first-order chi connectivity index (χ1) is 10.2. The number of hydrogen-bond acceptors (Lipinski definition) is 3. The average molecular weight is 327 g/mol. The van der Waals surface area contributed by atoms with Gasteiger partial charge in [-0.05, 0) is 36.8 Å². The molecule has 0 unspecified atom stereocenters. The molecule has 2 N–H and O–H groups in total. The highest BCUT2D eigenvalue weighted by Crippen LogP contribution is 2.18. The molecule has 8 heteroatoms. The van der Waals surface area contributed by atoms with E-state index >= 15 is 0 Å². The second-order valence-electron chi connectivity index (χ2n) is 4.53. The van der Waals surface area contributed by atoms with Crippen molar-refractivity contribution in [2.24, 2.45) is 0 Å². The molecular formula is C14H11F2NO4S. The average Bonchev–Trinajstić information content (AvgIpc) is 2.42. The number of carbonyl (C=O) groups is 1. The standard InChI is InChI=1S/C14H11F2NO4S/c1-8-2-4-10(22(19,20)21)7-11(8)14(18)17-9-3-5-12(15)13(16)6-9/h2-7H,1H3,(H,17,18)(H,19,20,21). The molecule has 22 heavy (non-hydrogen) atoms. The van der Waals surface area contributed by atoms with E-state index in [0.29, 0.717) is 5.56 Å². The number of amides is 1. The minimum atomic E-state index is -4.45. The summed E-state index contributed by atoms with van der Waals surface area (Å²) in [7, 11) is -4.45. The molecule has 0 aliphatic carbocycles. The Balaban J connectivity index is 2.35. The second kappa shape index (κ2) is 5.82. The van der Waals surface area contributed by atoms with Crippen LogP contribution in [0.15, 0.2) is 41.3 Å². The molecule has 116 valence electrons. The molecule has 5 nitrogen and oxygen atoms in total. The fourth-order valence-electron chi connectivity index (χ4n) is 1.78. The molecular weight excluding hydrogens is 316 g/mol. The van der Waals surface area contributed by atoms with E-state index in [1.165, 1.54) is 6.07 Å². The molecule has 0 atom stereocenters. The van der Waals surface area contributed by atoms with Crippen LogP contribution >= 0.6 is 0 Å². The van der Waals surface area contributed by atoms with Crippen LogP contribution in [0.5, 0.6) is 0 Å². The molecule has 0 aromatic heterocycles. The Morgan fingerprint density at radius 3 is 2.36 bits per heavy atom. The van der Waals surface area contributed by atoms with E-state index in [1.54, 1.807) is 6.92 Å². The van der Waals surface area contributed by atoms with E-state index < -0.39 is 32.6 Å². The maximum absolute atomic E-state index is 13.1. The summed E-state index contributed by atoms with van der Waals surface area (Å²) in [6.07, 6.45) is 0. The number of anilines is 1. The third kappa shape index (κ3) is 3.46. The topological polar surface area (TPSA) is 83.5 Å². The third-order valence-electron chi connectivity index (χ3n) is 2.93. The quantitative estimate of drug-likeness (QED) is 0.849. The highest BCUT2D eigenvalue weighted by atomic mass is 32.2. The van der Waals surface area contributed by atoms with Crippen LogP contribution in [-0.4, -0.2) is 18.9 Å². The van der Waals surface area contributed by atoms with Gasteiger partial charge in [-0.2, -0.15) is 8.42 Å². The zero-order chi connectivity index (χ0) is 16.5. The van der Waals surface area contributed by atoms with Gasteiger partial charge in [0, 0.05) is 17.3 Å². The fraction of sp³-hybridized carbons (Fsp3) is 0.0714. The van der Waals surface area contributed by atoms with Gasteiger partial charge in [0.25, 0.3) is 16.0 Å². The maximum atomic E-state index is 13.1. The van der Waals surface area contributed by atoms with Crippen molar-refractivity contribution in [3.8, 4) is 0 Å². The molecule has 0 fully saturated rings. The minimum absolute atomic E-state index is 0.0140. The Labute approximate surface area is 125 Å². The molecule has 0 spiro atoms. The Kier molecular flexibility index (Phi) is 4.25. The largest absolute Gasteiger partial charge is 0.322 e. The first-order valence-corrected chi connectivity index (χ1v) is 7.47. The van der Waals surface area contributed by atoms with E-state index in [-0.39, 0.29) is 11.3 Å². The summed E-state index contributed by atoms with van der Waals surface area (Å²) < 4.78 is 57.1. The van der Waals surface area contributed by atoms with Gasteiger partial charge < -0.3 is 5.32 Å². The summed E-state index contributed by atoms with van der Waals surface area (Å²) in [4.78, 5) is 11.7. The molecule has 2 aromatic carbocycles. The summed E-state index contributed by atoms with van der Waals surface area (Å²) in [5.74, 6) is -2.89. The second-order valence-corrected chi connectivity index (χ2v) is 5.96. The molecule has 0 radical (unpaired) electrons. The Morgan fingerprint density at radius 2 is 1.77 bits per heavy atom. The smallest absolute Gasteiger partial charge is 0.294 e. The Hall–Kier alpha value is -2.32. The van der Waals surface area contributed by atoms with E-state index in [1.807, 2.05) is 0 Å². The molecule has 0 heterocycles. The van der Waals surface area contributed by atoms with Crippen molar-refractivity contribution < 1.29 is 26.5 Å². The van der Waals surface area contributed by atoms with Gasteiger partial charge in [-0.1, -0.05) is 6.07 Å². The Morgan fingerprint density at radius 1 is 1.09 bits per heavy atom. The lowest BCUT2D eigenvalue weighted by atomic mass is 10.1. The highest BCUT2D eigenvalue weighted by molar-refractivity contribution is 7.85. The first-order valence-electron chi connectivity index (χ1n) is 6.03. The van der Waals surface area contributed by atoms with Crippen molar-refractivity contribution in [3.63, 3.8) is 0 Å². The molecule has 2 rings (SSSR count). The van der Waals surface area contributed by atoms with E-state index in [2.05, 4.69) is 5.32 Å². The van der Waals surface area contributed by atoms with Gasteiger partial charge in [-0.25, -0.2) is 8.78 Å². The summed E-state index contributed by atoms with van der Waals surface area (Å²) in [6.45, 7) is 1.56.